The van der Waals surface area contributed by atoms with E-state index in [4.69, 9.17) is 9.84 Å². The van der Waals surface area contributed by atoms with E-state index in [2.05, 4.69) is 9.88 Å². The van der Waals surface area contributed by atoms with Crippen LogP contribution in [0.2, 0.25) is 0 Å². The monoisotopic (exact) mass is 290 g/mol. The minimum Gasteiger partial charge on any atom is -0.477 e. The number of aromatic nitrogens is 1. The van der Waals surface area contributed by atoms with Crippen LogP contribution in [0.3, 0.4) is 0 Å². The molecular weight excluding hydrogens is 268 g/mol. The van der Waals surface area contributed by atoms with E-state index < -0.39 is 5.97 Å². The van der Waals surface area contributed by atoms with Gasteiger partial charge < -0.3 is 14.7 Å². The molecule has 0 aromatic carbocycles. The molecule has 114 valence electrons. The zero-order chi connectivity index (χ0) is 14.7. The first-order valence-corrected chi connectivity index (χ1v) is 7.78. The minimum atomic E-state index is -0.978. The van der Waals surface area contributed by atoms with Gasteiger partial charge in [-0.25, -0.2) is 9.78 Å². The Balaban J connectivity index is 1.79. The summed E-state index contributed by atoms with van der Waals surface area (Å²) in [5, 5.41) is 9.08. The van der Waals surface area contributed by atoms with Gasteiger partial charge in [0.15, 0.2) is 5.69 Å². The summed E-state index contributed by atoms with van der Waals surface area (Å²) >= 11 is 0. The van der Waals surface area contributed by atoms with Crippen LogP contribution in [-0.2, 0) is 4.74 Å². The molecule has 0 unspecified atom stereocenters. The Morgan fingerprint density at radius 3 is 2.71 bits per heavy atom. The molecule has 1 aliphatic carbocycles. The van der Waals surface area contributed by atoms with Crippen LogP contribution < -0.4 is 4.90 Å². The number of carboxylic acid groups (broad SMARTS) is 1. The molecule has 1 N–H and O–H groups in total. The van der Waals surface area contributed by atoms with Gasteiger partial charge in [-0.15, -0.1) is 0 Å². The van der Waals surface area contributed by atoms with Crippen molar-refractivity contribution in [3.63, 3.8) is 0 Å². The zero-order valence-corrected chi connectivity index (χ0v) is 12.3. The lowest BCUT2D eigenvalue weighted by Crippen LogP contribution is -2.52. The van der Waals surface area contributed by atoms with Crippen molar-refractivity contribution in [1.29, 1.82) is 0 Å². The molecule has 5 heteroatoms. The first-order valence-electron chi connectivity index (χ1n) is 7.78. The first-order chi connectivity index (χ1) is 10.2. The Hall–Kier alpha value is -1.62. The quantitative estimate of drug-likeness (QED) is 0.907. The van der Waals surface area contributed by atoms with Crippen LogP contribution in [-0.4, -0.2) is 41.4 Å². The molecule has 1 aromatic heterocycles. The van der Waals surface area contributed by atoms with Crippen molar-refractivity contribution in [2.24, 2.45) is 0 Å². The van der Waals surface area contributed by atoms with Crippen LogP contribution in [0, 0.1) is 0 Å². The molecule has 21 heavy (non-hydrogen) atoms. The lowest BCUT2D eigenvalue weighted by molar-refractivity contribution is -0.0654. The predicted octanol–water partition coefficient (Wildman–Crippen LogP) is 2.71. The highest BCUT2D eigenvalue weighted by Crippen LogP contribution is 2.34. The van der Waals surface area contributed by atoms with Crippen molar-refractivity contribution in [2.75, 3.05) is 24.6 Å². The molecule has 1 aliphatic heterocycles. The predicted molar refractivity (Wildman–Crippen MR) is 79.8 cm³/mol. The Morgan fingerprint density at radius 1 is 1.24 bits per heavy atom. The summed E-state index contributed by atoms with van der Waals surface area (Å²) in [5.41, 5.74) is 0.0456. The van der Waals surface area contributed by atoms with Crippen molar-refractivity contribution in [1.82, 2.24) is 4.98 Å². The summed E-state index contributed by atoms with van der Waals surface area (Å²) in [7, 11) is 0. The van der Waals surface area contributed by atoms with Crippen molar-refractivity contribution in [3.8, 4) is 0 Å². The molecule has 2 aliphatic rings. The van der Waals surface area contributed by atoms with Gasteiger partial charge in [-0.1, -0.05) is 31.7 Å². The normalized spacial score (nSPS) is 22.0. The van der Waals surface area contributed by atoms with E-state index >= 15 is 0 Å². The topological polar surface area (TPSA) is 62.7 Å². The Kier molecular flexibility index (Phi) is 4.10. The van der Waals surface area contributed by atoms with Gasteiger partial charge in [0.25, 0.3) is 0 Å². The average molecular weight is 290 g/mol. The number of ether oxygens (including phenoxy) is 1. The Morgan fingerprint density at radius 2 is 2.00 bits per heavy atom. The number of hydrogen-bond donors (Lipinski definition) is 1. The summed E-state index contributed by atoms with van der Waals surface area (Å²) in [6.45, 7) is 2.29. The highest BCUT2D eigenvalue weighted by atomic mass is 16.5. The minimum absolute atomic E-state index is 0.0599. The van der Waals surface area contributed by atoms with Gasteiger partial charge in [0.05, 0.1) is 12.2 Å². The van der Waals surface area contributed by atoms with Gasteiger partial charge in [0.2, 0.25) is 0 Å². The van der Waals surface area contributed by atoms with Crippen LogP contribution in [0.15, 0.2) is 18.2 Å². The van der Waals surface area contributed by atoms with E-state index in [1.165, 1.54) is 31.7 Å². The highest BCUT2D eigenvalue weighted by Gasteiger charge is 2.37. The summed E-state index contributed by atoms with van der Waals surface area (Å²) in [4.78, 5) is 17.5. The molecule has 3 rings (SSSR count). The van der Waals surface area contributed by atoms with E-state index in [9.17, 15) is 4.79 Å². The van der Waals surface area contributed by atoms with E-state index in [1.807, 2.05) is 6.07 Å². The number of anilines is 1. The maximum atomic E-state index is 11.1. The third-order valence-corrected chi connectivity index (χ3v) is 4.54. The number of carbonyl (C=O) groups is 1. The molecule has 0 bridgehead atoms. The molecule has 0 atom stereocenters. The van der Waals surface area contributed by atoms with Gasteiger partial charge in [-0.05, 0) is 25.0 Å². The van der Waals surface area contributed by atoms with E-state index in [-0.39, 0.29) is 11.3 Å². The Labute approximate surface area is 124 Å². The fraction of sp³-hybridized carbons (Fsp3) is 0.625. The maximum absolute atomic E-state index is 11.1. The fourth-order valence-corrected chi connectivity index (χ4v) is 3.43. The van der Waals surface area contributed by atoms with Gasteiger partial charge >= 0.3 is 5.97 Å². The molecule has 1 saturated heterocycles. The van der Waals surface area contributed by atoms with Crippen molar-refractivity contribution < 1.29 is 14.6 Å². The number of morpholine rings is 1. The Bertz CT molecular complexity index is 510. The van der Waals surface area contributed by atoms with Gasteiger partial charge in [-0.3, -0.25) is 0 Å². The van der Waals surface area contributed by atoms with Gasteiger partial charge in [0, 0.05) is 13.1 Å². The average Bonchev–Trinajstić information content (AvgIpc) is 2.73. The van der Waals surface area contributed by atoms with Crippen LogP contribution in [0.4, 0.5) is 5.82 Å². The third kappa shape index (κ3) is 3.18. The lowest BCUT2D eigenvalue weighted by Gasteiger charge is -2.43. The molecule has 0 radical (unpaired) electrons. The number of carboxylic acids is 1. The standard InChI is InChI=1S/C16H22N2O3/c19-15(20)13-6-5-7-14(17-13)18-10-11-21-16(12-18)8-3-1-2-4-9-16/h5-7H,1-4,8-12H2,(H,19,20). The van der Waals surface area contributed by atoms with E-state index in [1.54, 1.807) is 6.07 Å². The number of nitrogens with zero attached hydrogens (tertiary/aromatic N) is 2. The number of hydrogen-bond acceptors (Lipinski definition) is 4. The smallest absolute Gasteiger partial charge is 0.354 e. The third-order valence-electron chi connectivity index (χ3n) is 4.54. The highest BCUT2D eigenvalue weighted by molar-refractivity contribution is 5.85. The van der Waals surface area contributed by atoms with Crippen LogP contribution >= 0.6 is 0 Å². The summed E-state index contributed by atoms with van der Waals surface area (Å²) in [6.07, 6.45) is 7.22. The van der Waals surface area contributed by atoms with Gasteiger partial charge in [-0.2, -0.15) is 0 Å². The molecule has 0 amide bonds. The zero-order valence-electron chi connectivity index (χ0n) is 12.3. The van der Waals surface area contributed by atoms with Crippen LogP contribution in [0.25, 0.3) is 0 Å². The second-order valence-electron chi connectivity index (χ2n) is 6.05. The van der Waals surface area contributed by atoms with Gasteiger partial charge in [0.1, 0.15) is 5.82 Å². The lowest BCUT2D eigenvalue weighted by atomic mass is 9.92. The first kappa shape index (κ1) is 14.3. The summed E-state index contributed by atoms with van der Waals surface area (Å²) < 4.78 is 6.13. The van der Waals surface area contributed by atoms with E-state index in [0.29, 0.717) is 6.61 Å². The number of rotatable bonds is 2. The van der Waals surface area contributed by atoms with Crippen LogP contribution in [0.1, 0.15) is 49.0 Å². The van der Waals surface area contributed by atoms with E-state index in [0.717, 1.165) is 31.7 Å². The summed E-state index contributed by atoms with van der Waals surface area (Å²) in [6, 6.07) is 5.19. The second kappa shape index (κ2) is 6.02. The fourth-order valence-electron chi connectivity index (χ4n) is 3.43. The summed E-state index contributed by atoms with van der Waals surface area (Å²) in [5.74, 6) is -0.226. The molecule has 5 nitrogen and oxygen atoms in total. The largest absolute Gasteiger partial charge is 0.477 e. The molecule has 1 aromatic rings. The molecule has 1 spiro atoms. The molecule has 2 fully saturated rings. The molecular formula is C16H22N2O3. The second-order valence-corrected chi connectivity index (χ2v) is 6.05. The molecule has 2 heterocycles. The van der Waals surface area contributed by atoms with Crippen molar-refractivity contribution >= 4 is 11.8 Å². The van der Waals surface area contributed by atoms with Crippen molar-refractivity contribution in [3.05, 3.63) is 23.9 Å². The maximum Gasteiger partial charge on any atom is 0.354 e. The molecule has 1 saturated carbocycles. The number of pyridine rings is 1. The SMILES string of the molecule is O=C(O)c1cccc(N2CCOC3(CCCCCC3)C2)n1. The van der Waals surface area contributed by atoms with Crippen molar-refractivity contribution in [2.45, 2.75) is 44.1 Å². The van der Waals surface area contributed by atoms with Crippen LogP contribution in [0.5, 0.6) is 0 Å². The number of aromatic carboxylic acids is 1.